The maximum absolute atomic E-state index is 12.5. The summed E-state index contributed by atoms with van der Waals surface area (Å²) in [5.74, 6) is 0.342. The molecule has 2 N–H and O–H groups in total. The van der Waals surface area contributed by atoms with E-state index in [4.69, 9.17) is 14.2 Å². The maximum Gasteiger partial charge on any atom is 0.387 e. The molecule has 0 aromatic heterocycles. The average Bonchev–Trinajstić information content (AvgIpc) is 2.84. The van der Waals surface area contributed by atoms with E-state index in [0.29, 0.717) is 17.1 Å². The van der Waals surface area contributed by atoms with E-state index in [2.05, 4.69) is 15.4 Å². The van der Waals surface area contributed by atoms with Crippen LogP contribution >= 0.6 is 0 Å². The van der Waals surface area contributed by atoms with Crippen LogP contribution in [0.15, 0.2) is 66.7 Å². The number of carbonyl (C=O) groups is 2. The molecule has 10 heteroatoms. The third-order valence-electron chi connectivity index (χ3n) is 4.50. The van der Waals surface area contributed by atoms with Crippen LogP contribution in [0.2, 0.25) is 0 Å². The molecule has 3 rings (SSSR count). The van der Waals surface area contributed by atoms with Crippen molar-refractivity contribution in [2.75, 3.05) is 31.5 Å². The van der Waals surface area contributed by atoms with Gasteiger partial charge in [-0.15, -0.1) is 0 Å². The Bertz CT molecular complexity index is 1120. The second kappa shape index (κ2) is 11.5. The molecule has 0 saturated heterocycles. The molecule has 8 nitrogen and oxygen atoms in total. The van der Waals surface area contributed by atoms with Crippen molar-refractivity contribution >= 4 is 23.2 Å². The molecule has 34 heavy (non-hydrogen) atoms. The molecule has 0 aliphatic heterocycles. The van der Waals surface area contributed by atoms with Gasteiger partial charge in [-0.2, -0.15) is 8.78 Å². The summed E-state index contributed by atoms with van der Waals surface area (Å²) in [6, 6.07) is 16.8. The monoisotopic (exact) mass is 472 g/mol. The van der Waals surface area contributed by atoms with Gasteiger partial charge < -0.3 is 29.6 Å². The van der Waals surface area contributed by atoms with Crippen molar-refractivity contribution in [3.63, 3.8) is 0 Å². The molecule has 2 amide bonds. The molecule has 0 aliphatic rings. The summed E-state index contributed by atoms with van der Waals surface area (Å²) < 4.78 is 44.6. The smallest absolute Gasteiger partial charge is 0.387 e. The van der Waals surface area contributed by atoms with E-state index in [0.717, 1.165) is 0 Å². The molecule has 178 valence electrons. The summed E-state index contributed by atoms with van der Waals surface area (Å²) in [5, 5.41) is 5.34. The largest absolute Gasteiger partial charge is 0.497 e. The molecule has 0 atom stereocenters. The third kappa shape index (κ3) is 6.83. The number of halogens is 2. The number of methoxy groups -OCH3 is 2. The number of amides is 2. The van der Waals surface area contributed by atoms with Crippen LogP contribution in [-0.4, -0.2) is 39.3 Å². The van der Waals surface area contributed by atoms with E-state index in [1.165, 1.54) is 49.6 Å². The normalized spacial score (nSPS) is 10.4. The topological polar surface area (TPSA) is 95.1 Å². The molecule has 0 radical (unpaired) electrons. The molecule has 0 spiro atoms. The predicted octanol–water partition coefficient (Wildman–Crippen LogP) is 4.58. The average molecular weight is 472 g/mol. The highest BCUT2D eigenvalue weighted by molar-refractivity contribution is 6.04. The number of ether oxygens (including phenoxy) is 4. The van der Waals surface area contributed by atoms with Gasteiger partial charge in [-0.05, 0) is 66.7 Å². The van der Waals surface area contributed by atoms with Crippen molar-refractivity contribution in [2.24, 2.45) is 0 Å². The van der Waals surface area contributed by atoms with E-state index in [-0.39, 0.29) is 35.3 Å². The Balaban J connectivity index is 1.58. The first kappa shape index (κ1) is 24.3. The quantitative estimate of drug-likeness (QED) is 0.449. The van der Waals surface area contributed by atoms with E-state index < -0.39 is 12.5 Å². The van der Waals surface area contributed by atoms with Gasteiger partial charge in [0.1, 0.15) is 11.5 Å². The van der Waals surface area contributed by atoms with Gasteiger partial charge in [0.25, 0.3) is 11.8 Å². The number of carbonyl (C=O) groups excluding carboxylic acids is 2. The minimum absolute atomic E-state index is 0.0211. The lowest BCUT2D eigenvalue weighted by atomic mass is 10.2. The minimum Gasteiger partial charge on any atom is -0.497 e. The van der Waals surface area contributed by atoms with Gasteiger partial charge in [0, 0.05) is 16.9 Å². The van der Waals surface area contributed by atoms with Crippen LogP contribution in [0.25, 0.3) is 0 Å². The van der Waals surface area contributed by atoms with Crippen LogP contribution in [0, 0.1) is 0 Å². The first-order chi connectivity index (χ1) is 16.4. The molecule has 0 bridgehead atoms. The third-order valence-corrected chi connectivity index (χ3v) is 4.50. The van der Waals surface area contributed by atoms with Crippen molar-refractivity contribution in [3.8, 4) is 23.0 Å². The van der Waals surface area contributed by atoms with Gasteiger partial charge in [-0.3, -0.25) is 9.59 Å². The summed E-state index contributed by atoms with van der Waals surface area (Å²) >= 11 is 0. The fraction of sp³-hybridized carbons (Fsp3) is 0.167. The Kier molecular flexibility index (Phi) is 8.22. The Morgan fingerprint density at radius 1 is 0.794 bits per heavy atom. The highest BCUT2D eigenvalue weighted by atomic mass is 19.3. The molecule has 0 heterocycles. The van der Waals surface area contributed by atoms with Crippen molar-refractivity contribution in [2.45, 2.75) is 6.61 Å². The van der Waals surface area contributed by atoms with Crippen LogP contribution in [0.3, 0.4) is 0 Å². The summed E-state index contributed by atoms with van der Waals surface area (Å²) in [5.41, 5.74) is 1.24. The van der Waals surface area contributed by atoms with Crippen molar-refractivity contribution in [1.82, 2.24) is 0 Å². The molecule has 3 aromatic carbocycles. The zero-order chi connectivity index (χ0) is 24.5. The van der Waals surface area contributed by atoms with Gasteiger partial charge in [0.05, 0.1) is 14.2 Å². The number of hydrogen-bond donors (Lipinski definition) is 2. The zero-order valence-electron chi connectivity index (χ0n) is 18.3. The Labute approximate surface area is 194 Å². The SMILES string of the molecule is COc1ccc(NC(=O)COc2ccc(C(=O)Nc3ccc(OC(F)F)cc3)cc2OC)cc1. The lowest BCUT2D eigenvalue weighted by Crippen LogP contribution is -2.20. The molecule has 3 aromatic rings. The molecular weight excluding hydrogens is 450 g/mol. The highest BCUT2D eigenvalue weighted by Crippen LogP contribution is 2.29. The Morgan fingerprint density at radius 2 is 1.41 bits per heavy atom. The maximum atomic E-state index is 12.5. The summed E-state index contributed by atoms with van der Waals surface area (Å²) in [7, 11) is 2.96. The number of alkyl halides is 2. The summed E-state index contributed by atoms with van der Waals surface area (Å²) in [6.45, 7) is -3.21. The van der Waals surface area contributed by atoms with Gasteiger partial charge in [0.15, 0.2) is 18.1 Å². The number of anilines is 2. The highest BCUT2D eigenvalue weighted by Gasteiger charge is 2.13. The number of benzene rings is 3. The Hall–Kier alpha value is -4.34. The van der Waals surface area contributed by atoms with Gasteiger partial charge >= 0.3 is 6.61 Å². The number of hydrogen-bond acceptors (Lipinski definition) is 6. The van der Waals surface area contributed by atoms with Crippen molar-refractivity contribution < 1.29 is 37.3 Å². The first-order valence-corrected chi connectivity index (χ1v) is 9.99. The second-order valence-electron chi connectivity index (χ2n) is 6.79. The summed E-state index contributed by atoms with van der Waals surface area (Å²) in [4.78, 5) is 24.7. The van der Waals surface area contributed by atoms with Gasteiger partial charge in [0.2, 0.25) is 0 Å². The minimum atomic E-state index is -2.93. The fourth-order valence-electron chi connectivity index (χ4n) is 2.87. The Morgan fingerprint density at radius 3 is 2.00 bits per heavy atom. The number of nitrogens with one attached hydrogen (secondary N) is 2. The standard InChI is InChI=1S/C24H22F2N2O6/c1-31-18-8-4-16(5-9-18)27-22(29)14-33-20-12-3-15(13-21(20)32-2)23(30)28-17-6-10-19(11-7-17)34-24(25)26/h3-13,24H,14H2,1-2H3,(H,27,29)(H,28,30). The van der Waals surface area contributed by atoms with Crippen molar-refractivity contribution in [1.29, 1.82) is 0 Å². The molecule has 0 unspecified atom stereocenters. The predicted molar refractivity (Wildman–Crippen MR) is 121 cm³/mol. The second-order valence-corrected chi connectivity index (χ2v) is 6.79. The number of rotatable bonds is 10. The molecular formula is C24H22F2N2O6. The zero-order valence-corrected chi connectivity index (χ0v) is 18.3. The lowest BCUT2D eigenvalue weighted by molar-refractivity contribution is -0.118. The summed E-state index contributed by atoms with van der Waals surface area (Å²) in [6.07, 6.45) is 0. The van der Waals surface area contributed by atoms with Crippen LogP contribution in [0.4, 0.5) is 20.2 Å². The van der Waals surface area contributed by atoms with Gasteiger partial charge in [-0.25, -0.2) is 0 Å². The fourth-order valence-corrected chi connectivity index (χ4v) is 2.87. The first-order valence-electron chi connectivity index (χ1n) is 9.99. The molecule has 0 aliphatic carbocycles. The van der Waals surface area contributed by atoms with Crippen molar-refractivity contribution in [3.05, 3.63) is 72.3 Å². The van der Waals surface area contributed by atoms with E-state index in [9.17, 15) is 18.4 Å². The van der Waals surface area contributed by atoms with Crippen LogP contribution in [0.1, 0.15) is 10.4 Å². The molecule has 0 fully saturated rings. The molecule has 0 saturated carbocycles. The lowest BCUT2D eigenvalue weighted by Gasteiger charge is -2.13. The van der Waals surface area contributed by atoms with E-state index >= 15 is 0 Å². The van der Waals surface area contributed by atoms with E-state index in [1.807, 2.05) is 0 Å². The van der Waals surface area contributed by atoms with E-state index in [1.54, 1.807) is 31.4 Å². The van der Waals surface area contributed by atoms with Gasteiger partial charge in [-0.1, -0.05) is 0 Å². The van der Waals surface area contributed by atoms with Crippen LogP contribution in [-0.2, 0) is 4.79 Å². The van der Waals surface area contributed by atoms with Crippen LogP contribution < -0.4 is 29.6 Å². The van der Waals surface area contributed by atoms with Crippen LogP contribution in [0.5, 0.6) is 23.0 Å².